The van der Waals surface area contributed by atoms with Crippen LogP contribution in [0.25, 0.3) is 0 Å². The summed E-state index contributed by atoms with van der Waals surface area (Å²) in [6, 6.07) is 3.25. The SMILES string of the molecule is CCc1nc(CNC(=O)c2ccc(N)cn2)cs1.Cl.Cl. The van der Waals surface area contributed by atoms with Crippen molar-refractivity contribution >= 4 is 47.7 Å². The number of nitrogen functional groups attached to an aromatic ring is 1. The van der Waals surface area contributed by atoms with E-state index in [0.29, 0.717) is 17.9 Å². The number of halogens is 2. The van der Waals surface area contributed by atoms with Crippen molar-refractivity contribution in [1.82, 2.24) is 15.3 Å². The molecular weight excluding hydrogens is 319 g/mol. The molecule has 5 nitrogen and oxygen atoms in total. The quantitative estimate of drug-likeness (QED) is 0.899. The van der Waals surface area contributed by atoms with Gasteiger partial charge in [-0.05, 0) is 18.6 Å². The first-order chi connectivity index (χ1) is 8.69. The summed E-state index contributed by atoms with van der Waals surface area (Å²) in [6.07, 6.45) is 2.38. The van der Waals surface area contributed by atoms with Gasteiger partial charge in [0.2, 0.25) is 0 Å². The lowest BCUT2D eigenvalue weighted by Gasteiger charge is -2.02. The molecule has 0 atom stereocenters. The van der Waals surface area contributed by atoms with Gasteiger partial charge >= 0.3 is 0 Å². The maximum absolute atomic E-state index is 11.8. The second kappa shape index (κ2) is 8.73. The normalized spacial score (nSPS) is 9.25. The average Bonchev–Trinajstić information content (AvgIpc) is 2.85. The van der Waals surface area contributed by atoms with Crippen molar-refractivity contribution in [2.45, 2.75) is 19.9 Å². The molecule has 2 aromatic rings. The highest BCUT2D eigenvalue weighted by Crippen LogP contribution is 2.10. The summed E-state index contributed by atoms with van der Waals surface area (Å²) in [5.41, 5.74) is 7.28. The van der Waals surface area contributed by atoms with Gasteiger partial charge in [0, 0.05) is 5.38 Å². The molecule has 0 unspecified atom stereocenters. The number of nitrogens with one attached hydrogen (secondary N) is 1. The first-order valence-corrected chi connectivity index (χ1v) is 6.50. The molecule has 0 bridgehead atoms. The zero-order chi connectivity index (χ0) is 13.0. The molecule has 0 saturated heterocycles. The number of hydrogen-bond acceptors (Lipinski definition) is 5. The fourth-order valence-electron chi connectivity index (χ4n) is 1.39. The Morgan fingerprint density at radius 1 is 1.40 bits per heavy atom. The van der Waals surface area contributed by atoms with Crippen LogP contribution in [0.15, 0.2) is 23.7 Å². The summed E-state index contributed by atoms with van der Waals surface area (Å²) in [5.74, 6) is -0.221. The third-order valence-electron chi connectivity index (χ3n) is 2.35. The van der Waals surface area contributed by atoms with E-state index in [4.69, 9.17) is 5.73 Å². The molecule has 110 valence electrons. The van der Waals surface area contributed by atoms with Gasteiger partial charge in [-0.25, -0.2) is 9.97 Å². The summed E-state index contributed by atoms with van der Waals surface area (Å²) in [7, 11) is 0. The number of carbonyl (C=O) groups is 1. The minimum Gasteiger partial charge on any atom is -0.397 e. The van der Waals surface area contributed by atoms with Crippen molar-refractivity contribution in [3.05, 3.63) is 40.1 Å². The van der Waals surface area contributed by atoms with Gasteiger partial charge in [0.25, 0.3) is 5.91 Å². The number of pyridine rings is 1. The van der Waals surface area contributed by atoms with Gasteiger partial charge in [0.05, 0.1) is 29.1 Å². The smallest absolute Gasteiger partial charge is 0.270 e. The Morgan fingerprint density at radius 2 is 2.15 bits per heavy atom. The van der Waals surface area contributed by atoms with Gasteiger partial charge in [0.15, 0.2) is 0 Å². The number of aryl methyl sites for hydroxylation is 1. The third-order valence-corrected chi connectivity index (χ3v) is 3.39. The molecule has 0 aliphatic rings. The van der Waals surface area contributed by atoms with Crippen molar-refractivity contribution in [1.29, 1.82) is 0 Å². The van der Waals surface area contributed by atoms with Crippen LogP contribution in [0, 0.1) is 0 Å². The van der Waals surface area contributed by atoms with Crippen LogP contribution in [-0.2, 0) is 13.0 Å². The molecule has 0 spiro atoms. The van der Waals surface area contributed by atoms with E-state index in [0.717, 1.165) is 17.1 Å². The number of anilines is 1. The van der Waals surface area contributed by atoms with E-state index >= 15 is 0 Å². The van der Waals surface area contributed by atoms with Crippen molar-refractivity contribution in [2.75, 3.05) is 5.73 Å². The maximum atomic E-state index is 11.8. The molecule has 3 N–H and O–H groups in total. The molecule has 2 aromatic heterocycles. The maximum Gasteiger partial charge on any atom is 0.270 e. The summed E-state index contributed by atoms with van der Waals surface area (Å²) >= 11 is 1.60. The van der Waals surface area contributed by atoms with Gasteiger partial charge in [-0.2, -0.15) is 0 Å². The molecule has 0 aromatic carbocycles. The Balaban J connectivity index is 0.00000180. The van der Waals surface area contributed by atoms with Gasteiger partial charge in [-0.15, -0.1) is 36.2 Å². The predicted octanol–water partition coefficient (Wildman–Crippen LogP) is 2.46. The first-order valence-electron chi connectivity index (χ1n) is 5.62. The lowest BCUT2D eigenvalue weighted by atomic mass is 10.3. The molecule has 0 aliphatic carbocycles. The summed E-state index contributed by atoms with van der Waals surface area (Å²) in [6.45, 7) is 2.47. The number of carbonyl (C=O) groups excluding carboxylic acids is 1. The van der Waals surface area contributed by atoms with Crippen LogP contribution in [-0.4, -0.2) is 15.9 Å². The van der Waals surface area contributed by atoms with Crippen LogP contribution in [0.4, 0.5) is 5.69 Å². The van der Waals surface area contributed by atoms with Crippen LogP contribution in [0.2, 0.25) is 0 Å². The van der Waals surface area contributed by atoms with Gasteiger partial charge in [-0.1, -0.05) is 6.92 Å². The molecule has 0 aliphatic heterocycles. The molecule has 8 heteroatoms. The Bertz CT molecular complexity index is 545. The second-order valence-corrected chi connectivity index (χ2v) is 4.69. The third kappa shape index (κ3) is 4.96. The summed E-state index contributed by atoms with van der Waals surface area (Å²) in [4.78, 5) is 20.1. The van der Waals surface area contributed by atoms with Gasteiger partial charge in [0.1, 0.15) is 5.69 Å². The lowest BCUT2D eigenvalue weighted by molar-refractivity contribution is 0.0945. The van der Waals surface area contributed by atoms with Crippen LogP contribution in [0.1, 0.15) is 28.1 Å². The standard InChI is InChI=1S/C12H14N4OS.2ClH/c1-2-11-16-9(7-18-11)6-15-12(17)10-4-3-8(13)5-14-10;;/h3-5,7H,2,6,13H2,1H3,(H,15,17);2*1H. The Labute approximate surface area is 133 Å². The molecule has 0 fully saturated rings. The predicted molar refractivity (Wildman–Crippen MR) is 85.8 cm³/mol. The minimum atomic E-state index is -0.221. The van der Waals surface area contributed by atoms with E-state index in [1.165, 1.54) is 6.20 Å². The number of rotatable bonds is 4. The van der Waals surface area contributed by atoms with Crippen molar-refractivity contribution in [3.63, 3.8) is 0 Å². The van der Waals surface area contributed by atoms with Crippen molar-refractivity contribution < 1.29 is 4.79 Å². The zero-order valence-electron chi connectivity index (χ0n) is 10.8. The van der Waals surface area contributed by atoms with Crippen molar-refractivity contribution in [2.24, 2.45) is 0 Å². The fourth-order valence-corrected chi connectivity index (χ4v) is 2.14. The van der Waals surface area contributed by atoms with Crippen LogP contribution in [0.5, 0.6) is 0 Å². The monoisotopic (exact) mass is 334 g/mol. The van der Waals surface area contributed by atoms with Crippen LogP contribution in [0.3, 0.4) is 0 Å². The number of nitrogens with zero attached hydrogens (tertiary/aromatic N) is 2. The number of nitrogens with two attached hydrogens (primary N) is 1. The molecule has 0 saturated carbocycles. The summed E-state index contributed by atoms with van der Waals surface area (Å²) < 4.78 is 0. The van der Waals surface area contributed by atoms with E-state index in [1.54, 1.807) is 23.5 Å². The van der Waals surface area contributed by atoms with E-state index < -0.39 is 0 Å². The zero-order valence-corrected chi connectivity index (χ0v) is 13.3. The number of hydrogen-bond donors (Lipinski definition) is 2. The van der Waals surface area contributed by atoms with E-state index in [-0.39, 0.29) is 30.7 Å². The van der Waals surface area contributed by atoms with Crippen LogP contribution < -0.4 is 11.1 Å². The second-order valence-electron chi connectivity index (χ2n) is 3.75. The fraction of sp³-hybridized carbons (Fsp3) is 0.250. The van der Waals surface area contributed by atoms with E-state index in [2.05, 4.69) is 22.2 Å². The number of amides is 1. The average molecular weight is 335 g/mol. The Morgan fingerprint density at radius 3 is 2.70 bits per heavy atom. The van der Waals surface area contributed by atoms with E-state index in [9.17, 15) is 4.79 Å². The molecule has 0 radical (unpaired) electrons. The lowest BCUT2D eigenvalue weighted by Crippen LogP contribution is -2.23. The highest BCUT2D eigenvalue weighted by Gasteiger charge is 2.07. The Hall–Kier alpha value is -1.37. The van der Waals surface area contributed by atoms with Crippen LogP contribution >= 0.6 is 36.2 Å². The topological polar surface area (TPSA) is 80.9 Å². The summed E-state index contributed by atoms with van der Waals surface area (Å²) in [5, 5.41) is 5.80. The molecular formula is C12H16Cl2N4OS. The Kier molecular flexibility index (Phi) is 8.13. The van der Waals surface area contributed by atoms with E-state index in [1.807, 2.05) is 5.38 Å². The largest absolute Gasteiger partial charge is 0.397 e. The first kappa shape index (κ1) is 18.6. The highest BCUT2D eigenvalue weighted by atomic mass is 35.5. The van der Waals surface area contributed by atoms with Gasteiger partial charge < -0.3 is 11.1 Å². The van der Waals surface area contributed by atoms with Crippen molar-refractivity contribution in [3.8, 4) is 0 Å². The number of aromatic nitrogens is 2. The molecule has 2 rings (SSSR count). The highest BCUT2D eigenvalue weighted by molar-refractivity contribution is 7.09. The minimum absolute atomic E-state index is 0. The van der Waals surface area contributed by atoms with Gasteiger partial charge in [-0.3, -0.25) is 4.79 Å². The molecule has 20 heavy (non-hydrogen) atoms. The number of thiazole rings is 1. The molecule has 2 heterocycles. The molecule has 1 amide bonds.